The summed E-state index contributed by atoms with van der Waals surface area (Å²) in [6, 6.07) is 2.25. The van der Waals surface area contributed by atoms with Gasteiger partial charge in [0.05, 0.1) is 24.5 Å². The molecule has 0 bridgehead atoms. The fraction of sp³-hybridized carbons (Fsp3) is 0.545. The van der Waals surface area contributed by atoms with Gasteiger partial charge in [-0.05, 0) is 25.0 Å². The van der Waals surface area contributed by atoms with Gasteiger partial charge in [-0.15, -0.1) is 0 Å². The SMILES string of the molecule is CCC(COC)Nc1cc(C)c(N)cn1. The van der Waals surface area contributed by atoms with Crippen molar-refractivity contribution in [1.82, 2.24) is 4.98 Å². The summed E-state index contributed by atoms with van der Waals surface area (Å²) in [7, 11) is 1.70. The number of anilines is 2. The second-order valence-electron chi connectivity index (χ2n) is 3.63. The van der Waals surface area contributed by atoms with E-state index in [1.54, 1.807) is 13.3 Å². The lowest BCUT2D eigenvalue weighted by Gasteiger charge is -2.16. The number of ether oxygens (including phenoxy) is 1. The van der Waals surface area contributed by atoms with Gasteiger partial charge < -0.3 is 15.8 Å². The Morgan fingerprint density at radius 1 is 1.60 bits per heavy atom. The van der Waals surface area contributed by atoms with E-state index in [0.29, 0.717) is 12.6 Å². The highest BCUT2D eigenvalue weighted by molar-refractivity contribution is 5.51. The average molecular weight is 209 g/mol. The molecule has 4 nitrogen and oxygen atoms in total. The van der Waals surface area contributed by atoms with E-state index in [2.05, 4.69) is 17.2 Å². The largest absolute Gasteiger partial charge is 0.397 e. The zero-order chi connectivity index (χ0) is 11.3. The molecule has 1 aromatic heterocycles. The van der Waals surface area contributed by atoms with Gasteiger partial charge in [0, 0.05) is 7.11 Å². The number of rotatable bonds is 5. The number of pyridine rings is 1. The maximum Gasteiger partial charge on any atom is 0.126 e. The highest BCUT2D eigenvalue weighted by Crippen LogP contribution is 2.14. The van der Waals surface area contributed by atoms with Crippen molar-refractivity contribution in [3.05, 3.63) is 17.8 Å². The van der Waals surface area contributed by atoms with Crippen molar-refractivity contribution >= 4 is 11.5 Å². The van der Waals surface area contributed by atoms with Gasteiger partial charge in [-0.25, -0.2) is 4.98 Å². The first-order chi connectivity index (χ1) is 7.17. The van der Waals surface area contributed by atoms with Gasteiger partial charge in [0.15, 0.2) is 0 Å². The highest BCUT2D eigenvalue weighted by Gasteiger charge is 2.06. The second kappa shape index (κ2) is 5.56. The second-order valence-corrected chi connectivity index (χ2v) is 3.63. The Labute approximate surface area is 90.8 Å². The van der Waals surface area contributed by atoms with Gasteiger partial charge in [-0.1, -0.05) is 6.92 Å². The van der Waals surface area contributed by atoms with E-state index in [4.69, 9.17) is 10.5 Å². The van der Waals surface area contributed by atoms with Gasteiger partial charge in [-0.2, -0.15) is 0 Å². The molecule has 0 amide bonds. The molecule has 1 aromatic rings. The molecule has 0 aliphatic rings. The summed E-state index contributed by atoms with van der Waals surface area (Å²) in [6.07, 6.45) is 2.68. The predicted octanol–water partition coefficient (Wildman–Crippen LogP) is 1.81. The molecule has 0 aromatic carbocycles. The van der Waals surface area contributed by atoms with Crippen molar-refractivity contribution in [3.8, 4) is 0 Å². The molecular formula is C11H19N3O. The number of nitrogens with two attached hydrogens (primary N) is 1. The first-order valence-electron chi connectivity index (χ1n) is 5.15. The number of aryl methyl sites for hydroxylation is 1. The summed E-state index contributed by atoms with van der Waals surface area (Å²) >= 11 is 0. The molecule has 1 rings (SSSR count). The number of methoxy groups -OCH3 is 1. The smallest absolute Gasteiger partial charge is 0.126 e. The lowest BCUT2D eigenvalue weighted by Crippen LogP contribution is -2.24. The molecule has 0 saturated heterocycles. The molecule has 0 saturated carbocycles. The van der Waals surface area contributed by atoms with Crippen LogP contribution in [0.5, 0.6) is 0 Å². The Bertz CT molecular complexity index is 315. The van der Waals surface area contributed by atoms with Gasteiger partial charge >= 0.3 is 0 Å². The van der Waals surface area contributed by atoms with Crippen LogP contribution in [0.15, 0.2) is 12.3 Å². The Morgan fingerprint density at radius 2 is 2.33 bits per heavy atom. The van der Waals surface area contributed by atoms with E-state index in [9.17, 15) is 0 Å². The van der Waals surface area contributed by atoms with E-state index < -0.39 is 0 Å². The summed E-state index contributed by atoms with van der Waals surface area (Å²) in [5.41, 5.74) is 7.46. The molecule has 0 aliphatic heterocycles. The number of nitrogen functional groups attached to an aromatic ring is 1. The number of hydrogen-bond donors (Lipinski definition) is 2. The first-order valence-corrected chi connectivity index (χ1v) is 5.15. The van der Waals surface area contributed by atoms with Crippen molar-refractivity contribution < 1.29 is 4.74 Å². The van der Waals surface area contributed by atoms with Crippen LogP contribution in [0.3, 0.4) is 0 Å². The normalized spacial score (nSPS) is 12.5. The van der Waals surface area contributed by atoms with Crippen LogP contribution < -0.4 is 11.1 Å². The Balaban J connectivity index is 2.66. The monoisotopic (exact) mass is 209 g/mol. The summed E-state index contributed by atoms with van der Waals surface area (Å²) < 4.78 is 5.11. The lowest BCUT2D eigenvalue weighted by atomic mass is 10.2. The van der Waals surface area contributed by atoms with E-state index in [0.717, 1.165) is 23.5 Å². The minimum absolute atomic E-state index is 0.297. The highest BCUT2D eigenvalue weighted by atomic mass is 16.5. The molecule has 1 heterocycles. The maximum atomic E-state index is 5.70. The van der Waals surface area contributed by atoms with Crippen molar-refractivity contribution in [2.24, 2.45) is 0 Å². The Kier molecular flexibility index (Phi) is 4.37. The topological polar surface area (TPSA) is 60.2 Å². The third-order valence-electron chi connectivity index (χ3n) is 2.36. The third kappa shape index (κ3) is 3.40. The van der Waals surface area contributed by atoms with Crippen LogP contribution in [0.2, 0.25) is 0 Å². The summed E-state index contributed by atoms with van der Waals surface area (Å²) in [6.45, 7) is 4.77. The van der Waals surface area contributed by atoms with Gasteiger partial charge in [0.2, 0.25) is 0 Å². The quantitative estimate of drug-likeness (QED) is 0.776. The summed E-state index contributed by atoms with van der Waals surface area (Å²) in [5, 5.41) is 3.31. The van der Waals surface area contributed by atoms with Crippen LogP contribution in [0.4, 0.5) is 11.5 Å². The van der Waals surface area contributed by atoms with Crippen LogP contribution in [0.1, 0.15) is 18.9 Å². The van der Waals surface area contributed by atoms with E-state index >= 15 is 0 Å². The van der Waals surface area contributed by atoms with Crippen molar-refractivity contribution in [3.63, 3.8) is 0 Å². The van der Waals surface area contributed by atoms with E-state index in [-0.39, 0.29) is 0 Å². The third-order valence-corrected chi connectivity index (χ3v) is 2.36. The molecule has 0 fully saturated rings. The van der Waals surface area contributed by atoms with Crippen LogP contribution >= 0.6 is 0 Å². The number of aromatic nitrogens is 1. The minimum Gasteiger partial charge on any atom is -0.397 e. The van der Waals surface area contributed by atoms with Crippen molar-refractivity contribution in [2.75, 3.05) is 24.8 Å². The summed E-state index contributed by atoms with van der Waals surface area (Å²) in [5.74, 6) is 0.852. The van der Waals surface area contributed by atoms with Crippen LogP contribution in [0.25, 0.3) is 0 Å². The first kappa shape index (κ1) is 11.8. The Morgan fingerprint density at radius 3 is 2.87 bits per heavy atom. The molecule has 4 heteroatoms. The minimum atomic E-state index is 0.297. The van der Waals surface area contributed by atoms with Crippen LogP contribution in [0, 0.1) is 6.92 Å². The molecule has 15 heavy (non-hydrogen) atoms. The molecule has 0 radical (unpaired) electrons. The molecule has 3 N–H and O–H groups in total. The molecular weight excluding hydrogens is 190 g/mol. The zero-order valence-corrected chi connectivity index (χ0v) is 9.58. The van der Waals surface area contributed by atoms with Crippen molar-refractivity contribution in [1.29, 1.82) is 0 Å². The molecule has 84 valence electrons. The number of nitrogens with one attached hydrogen (secondary N) is 1. The molecule has 0 spiro atoms. The molecule has 1 unspecified atom stereocenters. The fourth-order valence-corrected chi connectivity index (χ4v) is 1.32. The molecule has 0 aliphatic carbocycles. The van der Waals surface area contributed by atoms with Gasteiger partial charge in [0.1, 0.15) is 5.82 Å². The standard InChI is InChI=1S/C11H19N3O/c1-4-9(7-15-3)14-11-5-8(2)10(12)6-13-11/h5-6,9H,4,7,12H2,1-3H3,(H,13,14). The zero-order valence-electron chi connectivity index (χ0n) is 9.58. The predicted molar refractivity (Wildman–Crippen MR) is 63.0 cm³/mol. The average Bonchev–Trinajstić information content (AvgIpc) is 2.23. The van der Waals surface area contributed by atoms with E-state index in [1.165, 1.54) is 0 Å². The van der Waals surface area contributed by atoms with Gasteiger partial charge in [0.25, 0.3) is 0 Å². The number of nitrogens with zero attached hydrogens (tertiary/aromatic N) is 1. The lowest BCUT2D eigenvalue weighted by molar-refractivity contribution is 0.184. The van der Waals surface area contributed by atoms with Gasteiger partial charge in [-0.3, -0.25) is 0 Å². The van der Waals surface area contributed by atoms with E-state index in [1.807, 2.05) is 13.0 Å². The van der Waals surface area contributed by atoms with Crippen LogP contribution in [-0.2, 0) is 4.74 Å². The fourth-order valence-electron chi connectivity index (χ4n) is 1.32. The summed E-state index contributed by atoms with van der Waals surface area (Å²) in [4.78, 5) is 4.22. The molecule has 1 atom stereocenters. The maximum absolute atomic E-state index is 5.70. The number of hydrogen-bond acceptors (Lipinski definition) is 4. The Hall–Kier alpha value is -1.29. The van der Waals surface area contributed by atoms with Crippen LogP contribution in [-0.4, -0.2) is 24.7 Å². The van der Waals surface area contributed by atoms with Crippen molar-refractivity contribution in [2.45, 2.75) is 26.3 Å².